The number of thiophene rings is 2. The number of benzene rings is 1. The van der Waals surface area contributed by atoms with Gasteiger partial charge in [0.1, 0.15) is 5.69 Å². The van der Waals surface area contributed by atoms with Crippen LogP contribution >= 0.6 is 22.7 Å². The molecule has 1 aliphatic heterocycles. The zero-order valence-corrected chi connectivity index (χ0v) is 17.7. The monoisotopic (exact) mass is 433 g/mol. The van der Waals surface area contributed by atoms with Crippen molar-refractivity contribution in [1.82, 2.24) is 14.7 Å². The number of amides is 1. The Kier molecular flexibility index (Phi) is 5.06. The van der Waals surface area contributed by atoms with Gasteiger partial charge in [-0.05, 0) is 46.5 Å². The number of nitrogens with zero attached hydrogens (tertiary/aromatic N) is 3. The minimum atomic E-state index is -0.219. The number of aromatic nitrogens is 2. The number of fused-ring (bicyclic) bond motifs is 1. The highest BCUT2D eigenvalue weighted by atomic mass is 32.1. The second-order valence-corrected chi connectivity index (χ2v) is 9.15. The highest BCUT2D eigenvalue weighted by Crippen LogP contribution is 2.39. The van der Waals surface area contributed by atoms with Crippen LogP contribution in [0.4, 0.5) is 0 Å². The van der Waals surface area contributed by atoms with Gasteiger partial charge in [-0.25, -0.2) is 4.68 Å². The van der Waals surface area contributed by atoms with E-state index in [0.717, 1.165) is 16.9 Å². The third-order valence-electron chi connectivity index (χ3n) is 5.30. The molecule has 0 spiro atoms. The average Bonchev–Trinajstić information content (AvgIpc) is 3.47. The van der Waals surface area contributed by atoms with Gasteiger partial charge in [0.05, 0.1) is 12.6 Å². The van der Waals surface area contributed by atoms with Gasteiger partial charge in [0.25, 0.3) is 11.5 Å². The van der Waals surface area contributed by atoms with Crippen molar-refractivity contribution in [3.63, 3.8) is 0 Å². The summed E-state index contributed by atoms with van der Waals surface area (Å²) in [5, 5.41) is 8.55. The fourth-order valence-corrected chi connectivity index (χ4v) is 5.63. The Morgan fingerprint density at radius 2 is 1.87 bits per heavy atom. The van der Waals surface area contributed by atoms with Gasteiger partial charge in [-0.1, -0.05) is 36.4 Å². The predicted octanol–water partition coefficient (Wildman–Crippen LogP) is 4.20. The van der Waals surface area contributed by atoms with Crippen LogP contribution in [0.2, 0.25) is 0 Å². The third kappa shape index (κ3) is 3.51. The van der Waals surface area contributed by atoms with Crippen molar-refractivity contribution in [3.8, 4) is 0 Å². The van der Waals surface area contributed by atoms with Gasteiger partial charge >= 0.3 is 0 Å². The Morgan fingerprint density at radius 3 is 2.67 bits per heavy atom. The topological polar surface area (TPSA) is 55.2 Å². The molecule has 1 atom stereocenters. The summed E-state index contributed by atoms with van der Waals surface area (Å²) in [7, 11) is 0. The van der Waals surface area contributed by atoms with Gasteiger partial charge in [-0.15, -0.1) is 22.7 Å². The number of carbonyl (C=O) groups excluding carboxylic acids is 1. The van der Waals surface area contributed by atoms with Crippen molar-refractivity contribution in [1.29, 1.82) is 0 Å². The zero-order chi connectivity index (χ0) is 20.5. The molecule has 0 N–H and O–H groups in total. The van der Waals surface area contributed by atoms with Crippen LogP contribution in [-0.4, -0.2) is 27.1 Å². The molecule has 5 nitrogen and oxygen atoms in total. The third-order valence-corrected chi connectivity index (χ3v) is 7.22. The second kappa shape index (κ2) is 8.01. The van der Waals surface area contributed by atoms with Gasteiger partial charge in [-0.2, -0.15) is 5.10 Å². The van der Waals surface area contributed by atoms with E-state index in [1.807, 2.05) is 46.7 Å². The zero-order valence-electron chi connectivity index (χ0n) is 16.1. The van der Waals surface area contributed by atoms with E-state index in [9.17, 15) is 9.59 Å². The lowest BCUT2D eigenvalue weighted by molar-refractivity contribution is 0.0690. The van der Waals surface area contributed by atoms with Crippen LogP contribution < -0.4 is 5.56 Å². The molecule has 0 saturated carbocycles. The molecule has 3 aromatic heterocycles. The Labute approximate surface area is 181 Å². The van der Waals surface area contributed by atoms with Crippen LogP contribution in [0.1, 0.15) is 37.4 Å². The van der Waals surface area contributed by atoms with Crippen LogP contribution in [0.5, 0.6) is 0 Å². The quantitative estimate of drug-likeness (QED) is 0.485. The van der Waals surface area contributed by atoms with Gasteiger partial charge in [0, 0.05) is 22.4 Å². The summed E-state index contributed by atoms with van der Waals surface area (Å²) in [4.78, 5) is 30.2. The maximum Gasteiger partial charge on any atom is 0.275 e. The van der Waals surface area contributed by atoms with E-state index in [1.54, 1.807) is 28.7 Å². The van der Waals surface area contributed by atoms with E-state index in [4.69, 9.17) is 0 Å². The number of carbonyl (C=O) groups is 1. The summed E-state index contributed by atoms with van der Waals surface area (Å²) in [5.41, 5.74) is 2.24. The molecule has 0 bridgehead atoms. The minimum absolute atomic E-state index is 0.108. The maximum absolute atomic E-state index is 13.5. The van der Waals surface area contributed by atoms with Crippen LogP contribution in [0.3, 0.4) is 0 Å². The summed E-state index contributed by atoms with van der Waals surface area (Å²) in [5.74, 6) is -0.146. The summed E-state index contributed by atoms with van der Waals surface area (Å²) in [6.45, 7) is 0.970. The van der Waals surface area contributed by atoms with Crippen molar-refractivity contribution in [2.24, 2.45) is 0 Å². The fraction of sp³-hybridized carbons (Fsp3) is 0.174. The Morgan fingerprint density at radius 1 is 1.00 bits per heavy atom. The van der Waals surface area contributed by atoms with Crippen LogP contribution in [0.15, 0.2) is 76.2 Å². The maximum atomic E-state index is 13.5. The lowest BCUT2D eigenvalue weighted by Crippen LogP contribution is -2.41. The largest absolute Gasteiger partial charge is 0.325 e. The summed E-state index contributed by atoms with van der Waals surface area (Å²) in [6.07, 6.45) is 0.838. The summed E-state index contributed by atoms with van der Waals surface area (Å²) < 4.78 is 1.36. The van der Waals surface area contributed by atoms with Gasteiger partial charge in [0.15, 0.2) is 0 Å². The van der Waals surface area contributed by atoms with E-state index in [1.165, 1.54) is 21.2 Å². The molecule has 0 radical (unpaired) electrons. The predicted molar refractivity (Wildman–Crippen MR) is 119 cm³/mol. The molecule has 1 unspecified atom stereocenters. The first-order valence-corrected chi connectivity index (χ1v) is 11.5. The van der Waals surface area contributed by atoms with Crippen molar-refractivity contribution in [2.75, 3.05) is 6.54 Å². The lowest BCUT2D eigenvalue weighted by atomic mass is 9.98. The first kappa shape index (κ1) is 19.0. The molecule has 0 fully saturated rings. The highest BCUT2D eigenvalue weighted by Gasteiger charge is 2.34. The lowest BCUT2D eigenvalue weighted by Gasteiger charge is -2.35. The van der Waals surface area contributed by atoms with Gasteiger partial charge in [-0.3, -0.25) is 9.59 Å². The number of rotatable bonds is 4. The molecule has 5 rings (SSSR count). The molecule has 1 aromatic carbocycles. The molecule has 4 aromatic rings. The Balaban J connectivity index is 1.49. The number of hydrogen-bond donors (Lipinski definition) is 0. The van der Waals surface area contributed by atoms with Crippen LogP contribution in [-0.2, 0) is 13.0 Å². The first-order valence-electron chi connectivity index (χ1n) is 9.73. The normalized spacial score (nSPS) is 15.7. The van der Waals surface area contributed by atoms with Crippen molar-refractivity contribution in [3.05, 3.63) is 108 Å². The van der Waals surface area contributed by atoms with E-state index >= 15 is 0 Å². The summed E-state index contributed by atoms with van der Waals surface area (Å²) >= 11 is 3.40. The first-order chi connectivity index (χ1) is 14.7. The molecule has 30 heavy (non-hydrogen) atoms. The van der Waals surface area contributed by atoms with Crippen molar-refractivity contribution in [2.45, 2.75) is 19.0 Å². The molecule has 150 valence electrons. The van der Waals surface area contributed by atoms with E-state index in [0.29, 0.717) is 18.8 Å². The summed E-state index contributed by atoms with van der Waals surface area (Å²) in [6, 6.07) is 18.7. The van der Waals surface area contributed by atoms with Gasteiger partial charge < -0.3 is 4.90 Å². The SMILES string of the molecule is O=C(c1ccc(=O)n(Cc2ccccc2)n1)N1CCc2sccc2C1c1cccs1. The molecule has 1 aliphatic rings. The van der Waals surface area contributed by atoms with Crippen molar-refractivity contribution >= 4 is 28.6 Å². The van der Waals surface area contributed by atoms with Crippen molar-refractivity contribution < 1.29 is 4.79 Å². The Hall–Kier alpha value is -3.03. The van der Waals surface area contributed by atoms with E-state index in [2.05, 4.69) is 22.6 Å². The number of hydrogen-bond acceptors (Lipinski definition) is 5. The average molecular weight is 434 g/mol. The fourth-order valence-electron chi connectivity index (χ4n) is 3.87. The Bertz CT molecular complexity index is 1230. The minimum Gasteiger partial charge on any atom is -0.325 e. The molecule has 4 heterocycles. The second-order valence-electron chi connectivity index (χ2n) is 7.17. The molecular weight excluding hydrogens is 414 g/mol. The molecule has 7 heteroatoms. The van der Waals surface area contributed by atoms with Crippen LogP contribution in [0.25, 0.3) is 0 Å². The highest BCUT2D eigenvalue weighted by molar-refractivity contribution is 7.10. The molecule has 0 saturated heterocycles. The molecular formula is C23H19N3O2S2. The standard InChI is InChI=1S/C23H19N3O2S2/c27-21-9-8-18(24-26(21)15-16-5-2-1-3-6-16)23(28)25-12-10-19-17(11-14-30-19)22(25)20-7-4-13-29-20/h1-9,11,13-14,22H,10,12,15H2. The molecule has 1 amide bonds. The van der Waals surface area contributed by atoms with Crippen LogP contribution in [0, 0.1) is 0 Å². The molecule has 0 aliphatic carbocycles. The smallest absolute Gasteiger partial charge is 0.275 e. The van der Waals surface area contributed by atoms with Gasteiger partial charge in [0.2, 0.25) is 0 Å². The van der Waals surface area contributed by atoms with E-state index in [-0.39, 0.29) is 17.5 Å². The van der Waals surface area contributed by atoms with E-state index < -0.39 is 0 Å².